The van der Waals surface area contributed by atoms with Crippen molar-refractivity contribution >= 4 is 16.0 Å². The fourth-order valence-corrected chi connectivity index (χ4v) is 3.28. The molecular weight excluding hydrogens is 296 g/mol. The monoisotopic (exact) mass is 310 g/mol. The van der Waals surface area contributed by atoms with Crippen LogP contribution in [0.1, 0.15) is 23.0 Å². The number of carboxylic acid groups (broad SMARTS) is 1. The number of sulfonamides is 1. The molecule has 9 heteroatoms. The molecule has 21 heavy (non-hydrogen) atoms. The number of H-pyrrole nitrogens is 1. The maximum atomic E-state index is 12.5. The molecule has 0 aliphatic heterocycles. The van der Waals surface area contributed by atoms with Gasteiger partial charge in [0.05, 0.1) is 18.4 Å². The highest BCUT2D eigenvalue weighted by atomic mass is 32.2. The SMILES string of the molecule is CCN(Cc1ccccn1)S(=O)(=O)c1[nH]ncc1C(=O)O. The standard InChI is InChI=1S/C12H14N4O4S/c1-2-16(8-9-5-3-4-6-13-9)21(19,20)11-10(12(17)18)7-14-15-11/h3-7H,2,8H2,1H3,(H,14,15)(H,17,18). The van der Waals surface area contributed by atoms with E-state index in [0.29, 0.717) is 5.69 Å². The zero-order chi connectivity index (χ0) is 15.5. The largest absolute Gasteiger partial charge is 0.478 e. The highest BCUT2D eigenvalue weighted by Gasteiger charge is 2.30. The molecule has 2 aromatic rings. The molecule has 0 amide bonds. The Morgan fingerprint density at radius 1 is 1.43 bits per heavy atom. The smallest absolute Gasteiger partial charge is 0.340 e. The second-order valence-corrected chi connectivity index (χ2v) is 6.05. The summed E-state index contributed by atoms with van der Waals surface area (Å²) in [5.74, 6) is -1.35. The number of carboxylic acids is 1. The van der Waals surface area contributed by atoms with E-state index >= 15 is 0 Å². The number of nitrogens with zero attached hydrogens (tertiary/aromatic N) is 3. The topological polar surface area (TPSA) is 116 Å². The zero-order valence-electron chi connectivity index (χ0n) is 11.2. The number of nitrogens with one attached hydrogen (secondary N) is 1. The Morgan fingerprint density at radius 2 is 2.19 bits per heavy atom. The van der Waals surface area contributed by atoms with Gasteiger partial charge in [-0.3, -0.25) is 10.1 Å². The Hall–Kier alpha value is -2.26. The molecule has 112 valence electrons. The number of hydrogen-bond acceptors (Lipinski definition) is 5. The van der Waals surface area contributed by atoms with Crippen molar-refractivity contribution in [1.29, 1.82) is 0 Å². The molecule has 2 aromatic heterocycles. The molecule has 0 saturated heterocycles. The number of aromatic amines is 1. The van der Waals surface area contributed by atoms with Crippen LogP contribution >= 0.6 is 0 Å². The fraction of sp³-hybridized carbons (Fsp3) is 0.250. The number of aromatic nitrogens is 3. The first-order chi connectivity index (χ1) is 9.96. The first-order valence-corrected chi connectivity index (χ1v) is 7.57. The van der Waals surface area contributed by atoms with Crippen molar-refractivity contribution in [3.05, 3.63) is 41.9 Å². The molecule has 2 rings (SSSR count). The van der Waals surface area contributed by atoms with Crippen molar-refractivity contribution in [3.63, 3.8) is 0 Å². The Bertz CT molecular complexity index is 727. The van der Waals surface area contributed by atoms with E-state index in [0.717, 1.165) is 10.5 Å². The molecule has 0 atom stereocenters. The molecule has 0 fully saturated rings. The van der Waals surface area contributed by atoms with Gasteiger partial charge in [0.25, 0.3) is 10.0 Å². The van der Waals surface area contributed by atoms with Crippen LogP contribution in [-0.2, 0) is 16.6 Å². The summed E-state index contributed by atoms with van der Waals surface area (Å²) in [4.78, 5) is 15.1. The number of pyridine rings is 1. The van der Waals surface area contributed by atoms with Gasteiger partial charge in [0.15, 0.2) is 5.03 Å². The average molecular weight is 310 g/mol. The van der Waals surface area contributed by atoms with Crippen LogP contribution in [0.25, 0.3) is 0 Å². The molecule has 0 aliphatic carbocycles. The van der Waals surface area contributed by atoms with Crippen molar-refractivity contribution < 1.29 is 18.3 Å². The predicted octanol–water partition coefficient (Wildman–Crippen LogP) is 0.714. The average Bonchev–Trinajstić information content (AvgIpc) is 2.96. The molecule has 0 aliphatic rings. The minimum absolute atomic E-state index is 0.0533. The summed E-state index contributed by atoms with van der Waals surface area (Å²) < 4.78 is 26.2. The second-order valence-electron chi connectivity index (χ2n) is 4.17. The van der Waals surface area contributed by atoms with Crippen LogP contribution in [0.3, 0.4) is 0 Å². The third kappa shape index (κ3) is 3.09. The maximum Gasteiger partial charge on any atom is 0.340 e. The van der Waals surface area contributed by atoms with Gasteiger partial charge < -0.3 is 5.11 Å². The van der Waals surface area contributed by atoms with Crippen molar-refractivity contribution in [2.75, 3.05) is 6.54 Å². The van der Waals surface area contributed by atoms with Crippen LogP contribution in [0.2, 0.25) is 0 Å². The van der Waals surface area contributed by atoms with E-state index in [9.17, 15) is 13.2 Å². The van der Waals surface area contributed by atoms with Crippen LogP contribution in [-0.4, -0.2) is 45.5 Å². The normalized spacial score (nSPS) is 11.7. The molecule has 0 bridgehead atoms. The van der Waals surface area contributed by atoms with E-state index in [2.05, 4.69) is 15.2 Å². The summed E-state index contributed by atoms with van der Waals surface area (Å²) in [5.41, 5.74) is 0.189. The lowest BCUT2D eigenvalue weighted by molar-refractivity contribution is 0.0692. The summed E-state index contributed by atoms with van der Waals surface area (Å²) in [5, 5.41) is 14.3. The van der Waals surface area contributed by atoms with E-state index < -0.39 is 21.0 Å². The quantitative estimate of drug-likeness (QED) is 0.812. The van der Waals surface area contributed by atoms with Gasteiger partial charge in [-0.25, -0.2) is 13.2 Å². The molecule has 0 saturated carbocycles. The number of carbonyl (C=O) groups is 1. The lowest BCUT2D eigenvalue weighted by atomic mass is 10.3. The van der Waals surface area contributed by atoms with Gasteiger partial charge in [-0.15, -0.1) is 0 Å². The summed E-state index contributed by atoms with van der Waals surface area (Å²) in [7, 11) is -3.99. The van der Waals surface area contributed by atoms with Crippen molar-refractivity contribution in [2.45, 2.75) is 18.5 Å². The third-order valence-corrected chi connectivity index (χ3v) is 4.74. The molecule has 8 nitrogen and oxygen atoms in total. The molecule has 2 heterocycles. The Balaban J connectivity index is 2.36. The highest BCUT2D eigenvalue weighted by molar-refractivity contribution is 7.89. The molecule has 0 unspecified atom stereocenters. The van der Waals surface area contributed by atoms with E-state index in [1.807, 2.05) is 0 Å². The molecule has 2 N–H and O–H groups in total. The molecule has 0 radical (unpaired) electrons. The van der Waals surface area contributed by atoms with Gasteiger partial charge in [-0.2, -0.15) is 9.40 Å². The summed E-state index contributed by atoms with van der Waals surface area (Å²) in [6, 6.07) is 5.18. The second kappa shape index (κ2) is 6.02. The van der Waals surface area contributed by atoms with Crippen LogP contribution < -0.4 is 0 Å². The Labute approximate surface area is 121 Å². The first kappa shape index (κ1) is 15.1. The van der Waals surface area contributed by atoms with Crippen LogP contribution in [0.5, 0.6) is 0 Å². The van der Waals surface area contributed by atoms with Crippen LogP contribution in [0.4, 0.5) is 0 Å². The molecule has 0 aromatic carbocycles. The van der Waals surface area contributed by atoms with E-state index in [4.69, 9.17) is 5.11 Å². The van der Waals surface area contributed by atoms with Crippen LogP contribution in [0, 0.1) is 0 Å². The summed E-state index contributed by atoms with van der Waals surface area (Å²) >= 11 is 0. The van der Waals surface area contributed by atoms with Gasteiger partial charge in [0.1, 0.15) is 5.56 Å². The lowest BCUT2D eigenvalue weighted by Gasteiger charge is -2.19. The first-order valence-electron chi connectivity index (χ1n) is 6.13. The summed E-state index contributed by atoms with van der Waals surface area (Å²) in [6.07, 6.45) is 2.54. The maximum absolute atomic E-state index is 12.5. The summed E-state index contributed by atoms with van der Waals surface area (Å²) in [6.45, 7) is 1.89. The van der Waals surface area contributed by atoms with Gasteiger partial charge in [0.2, 0.25) is 0 Å². The van der Waals surface area contributed by atoms with Crippen molar-refractivity contribution in [1.82, 2.24) is 19.5 Å². The minimum atomic E-state index is -3.99. The van der Waals surface area contributed by atoms with Crippen molar-refractivity contribution in [3.8, 4) is 0 Å². The van der Waals surface area contributed by atoms with E-state index in [1.54, 1.807) is 31.3 Å². The van der Waals surface area contributed by atoms with Gasteiger partial charge >= 0.3 is 5.97 Å². The number of rotatable bonds is 6. The zero-order valence-corrected chi connectivity index (χ0v) is 12.0. The highest BCUT2D eigenvalue weighted by Crippen LogP contribution is 2.19. The number of aromatic carboxylic acids is 1. The van der Waals surface area contributed by atoms with Gasteiger partial charge in [0, 0.05) is 12.7 Å². The lowest BCUT2D eigenvalue weighted by Crippen LogP contribution is -2.32. The van der Waals surface area contributed by atoms with Gasteiger partial charge in [-0.05, 0) is 12.1 Å². The van der Waals surface area contributed by atoms with Crippen LogP contribution in [0.15, 0.2) is 35.6 Å². The van der Waals surface area contributed by atoms with Gasteiger partial charge in [-0.1, -0.05) is 13.0 Å². The Kier molecular flexibility index (Phi) is 4.34. The predicted molar refractivity (Wildman–Crippen MR) is 73.1 cm³/mol. The Morgan fingerprint density at radius 3 is 2.76 bits per heavy atom. The minimum Gasteiger partial charge on any atom is -0.478 e. The van der Waals surface area contributed by atoms with Crippen molar-refractivity contribution in [2.24, 2.45) is 0 Å². The van der Waals surface area contributed by atoms with E-state index in [-0.39, 0.29) is 18.7 Å². The molecular formula is C12H14N4O4S. The fourth-order valence-electron chi connectivity index (χ4n) is 1.79. The molecule has 0 spiro atoms. The number of hydrogen-bond donors (Lipinski definition) is 2. The third-order valence-electron chi connectivity index (χ3n) is 2.85. The van der Waals surface area contributed by atoms with E-state index in [1.165, 1.54) is 0 Å².